The van der Waals surface area contributed by atoms with Gasteiger partial charge in [0.1, 0.15) is 21.3 Å². The smallest absolute Gasteiger partial charge is 0.329 e. The van der Waals surface area contributed by atoms with E-state index in [0.717, 1.165) is 15.6 Å². The van der Waals surface area contributed by atoms with Crippen molar-refractivity contribution in [2.45, 2.75) is 6.54 Å². The number of fused-ring (bicyclic) bond motifs is 1. The van der Waals surface area contributed by atoms with E-state index in [2.05, 4.69) is 14.9 Å². The van der Waals surface area contributed by atoms with Gasteiger partial charge >= 0.3 is 5.69 Å². The number of thiazole rings is 1. The van der Waals surface area contributed by atoms with Crippen LogP contribution >= 0.6 is 11.3 Å². The summed E-state index contributed by atoms with van der Waals surface area (Å²) in [6.45, 7) is 3.12. The van der Waals surface area contributed by atoms with Crippen LogP contribution in [0.15, 0.2) is 27.8 Å². The molecule has 1 N–H and O–H groups in total. The van der Waals surface area contributed by atoms with Crippen LogP contribution in [0.25, 0.3) is 10.3 Å². The largest absolute Gasteiger partial charge is 0.367 e. The van der Waals surface area contributed by atoms with Gasteiger partial charge in [-0.2, -0.15) is 0 Å². The third kappa shape index (κ3) is 3.37. The highest BCUT2D eigenvalue weighted by Gasteiger charge is 2.21. The molecular formula is C17H17F2N5O2S. The van der Waals surface area contributed by atoms with Crippen molar-refractivity contribution >= 4 is 27.4 Å². The minimum atomic E-state index is -0.588. The normalized spacial score (nSPS) is 15.6. The third-order valence-corrected chi connectivity index (χ3v) is 5.71. The van der Waals surface area contributed by atoms with E-state index in [0.29, 0.717) is 48.8 Å². The molecule has 0 atom stereocenters. The summed E-state index contributed by atoms with van der Waals surface area (Å²) in [5, 5.41) is 0.741. The highest BCUT2D eigenvalue weighted by molar-refractivity contribution is 7.18. The molecule has 27 heavy (non-hydrogen) atoms. The molecule has 1 saturated heterocycles. The number of aromatic amines is 1. The maximum Gasteiger partial charge on any atom is 0.329 e. The summed E-state index contributed by atoms with van der Waals surface area (Å²) < 4.78 is 28.5. The van der Waals surface area contributed by atoms with Crippen LogP contribution in [-0.2, 0) is 13.6 Å². The average Bonchev–Trinajstić information content (AvgIpc) is 3.03. The number of benzene rings is 1. The fourth-order valence-electron chi connectivity index (χ4n) is 3.17. The molecule has 10 heteroatoms. The Morgan fingerprint density at radius 3 is 2.63 bits per heavy atom. The number of hydrogen-bond acceptors (Lipinski definition) is 6. The zero-order chi connectivity index (χ0) is 19.1. The zero-order valence-electron chi connectivity index (χ0n) is 14.5. The average molecular weight is 393 g/mol. The summed E-state index contributed by atoms with van der Waals surface area (Å²) >= 11 is 1.27. The van der Waals surface area contributed by atoms with E-state index in [1.807, 2.05) is 4.90 Å². The second-order valence-corrected chi connectivity index (χ2v) is 7.52. The Morgan fingerprint density at radius 2 is 1.93 bits per heavy atom. The van der Waals surface area contributed by atoms with Gasteiger partial charge in [0.15, 0.2) is 5.65 Å². The molecule has 3 heterocycles. The highest BCUT2D eigenvalue weighted by Crippen LogP contribution is 2.23. The van der Waals surface area contributed by atoms with Crippen molar-refractivity contribution in [3.05, 3.63) is 55.7 Å². The van der Waals surface area contributed by atoms with Crippen molar-refractivity contribution in [3.8, 4) is 0 Å². The molecule has 0 radical (unpaired) electrons. The van der Waals surface area contributed by atoms with Gasteiger partial charge in [0.25, 0.3) is 5.56 Å². The lowest BCUT2D eigenvalue weighted by Gasteiger charge is -2.35. The number of nitrogens with one attached hydrogen (secondary N) is 1. The van der Waals surface area contributed by atoms with E-state index in [9.17, 15) is 18.4 Å². The van der Waals surface area contributed by atoms with Gasteiger partial charge in [-0.15, -0.1) is 11.3 Å². The number of H-pyrrole nitrogens is 1. The first-order valence-corrected chi connectivity index (χ1v) is 9.25. The molecule has 1 aliphatic rings. The molecule has 0 amide bonds. The maximum absolute atomic E-state index is 13.9. The highest BCUT2D eigenvalue weighted by atomic mass is 32.1. The number of rotatable bonds is 3. The van der Waals surface area contributed by atoms with Crippen molar-refractivity contribution < 1.29 is 8.78 Å². The van der Waals surface area contributed by atoms with Gasteiger partial charge in [0.2, 0.25) is 0 Å². The fourth-order valence-corrected chi connectivity index (χ4v) is 4.20. The molecule has 0 unspecified atom stereocenters. The van der Waals surface area contributed by atoms with Crippen LogP contribution in [0.1, 0.15) is 5.01 Å². The standard InChI is InChI=1S/C17H17F2N5O2S/c1-22-16(25)14-15(21-17(22)26)20-13(27-14)9-23-4-6-24(7-5-23)12-3-2-10(18)8-11(12)19/h2-3,8H,4-7,9H2,1H3,(H,21,26). The summed E-state index contributed by atoms with van der Waals surface area (Å²) in [5.74, 6) is -1.15. The predicted octanol–water partition coefficient (Wildman–Crippen LogP) is 1.28. The predicted molar refractivity (Wildman–Crippen MR) is 99.3 cm³/mol. The van der Waals surface area contributed by atoms with Crippen molar-refractivity contribution in [1.82, 2.24) is 19.4 Å². The topological polar surface area (TPSA) is 74.2 Å². The first kappa shape index (κ1) is 17.8. The number of hydrogen-bond donors (Lipinski definition) is 1. The van der Waals surface area contributed by atoms with Crippen LogP contribution in [0.5, 0.6) is 0 Å². The molecule has 3 aromatic rings. The molecule has 0 spiro atoms. The van der Waals surface area contributed by atoms with Gasteiger partial charge < -0.3 is 4.90 Å². The summed E-state index contributed by atoms with van der Waals surface area (Å²) in [6, 6.07) is 3.61. The first-order valence-electron chi connectivity index (χ1n) is 8.43. The Bertz CT molecular complexity index is 1110. The minimum absolute atomic E-state index is 0.315. The molecule has 0 aliphatic carbocycles. The summed E-state index contributed by atoms with van der Waals surface area (Å²) in [5.41, 5.74) is -0.124. The van der Waals surface area contributed by atoms with Crippen LogP contribution in [-0.4, -0.2) is 45.6 Å². The lowest BCUT2D eigenvalue weighted by molar-refractivity contribution is 0.249. The van der Waals surface area contributed by atoms with Crippen molar-refractivity contribution in [1.29, 1.82) is 0 Å². The number of nitrogens with zero attached hydrogens (tertiary/aromatic N) is 4. The van der Waals surface area contributed by atoms with Gasteiger partial charge in [-0.1, -0.05) is 0 Å². The summed E-state index contributed by atoms with van der Waals surface area (Å²) in [7, 11) is 1.42. The van der Waals surface area contributed by atoms with Crippen LogP contribution in [0.2, 0.25) is 0 Å². The zero-order valence-corrected chi connectivity index (χ0v) is 15.4. The molecule has 1 aliphatic heterocycles. The Morgan fingerprint density at radius 1 is 1.19 bits per heavy atom. The number of halogens is 2. The van der Waals surface area contributed by atoms with Gasteiger partial charge in [0, 0.05) is 39.3 Å². The molecule has 0 saturated carbocycles. The number of aromatic nitrogens is 3. The van der Waals surface area contributed by atoms with Crippen molar-refractivity contribution in [2.75, 3.05) is 31.1 Å². The SMILES string of the molecule is Cn1c(=O)[nH]c2nc(CN3CCN(c4ccc(F)cc4F)CC3)sc2c1=O. The van der Waals surface area contributed by atoms with E-state index in [1.54, 1.807) is 0 Å². The van der Waals surface area contributed by atoms with Gasteiger partial charge in [0.05, 0.1) is 12.2 Å². The quantitative estimate of drug-likeness (QED) is 0.726. The molecule has 2 aromatic heterocycles. The van der Waals surface area contributed by atoms with E-state index < -0.39 is 17.3 Å². The Kier molecular flexibility index (Phi) is 4.52. The Labute approximate surface area is 156 Å². The van der Waals surface area contributed by atoms with Crippen LogP contribution in [0.4, 0.5) is 14.5 Å². The Hall–Kier alpha value is -2.59. The van der Waals surface area contributed by atoms with E-state index in [-0.39, 0.29) is 5.56 Å². The lowest BCUT2D eigenvalue weighted by atomic mass is 10.2. The fraction of sp³-hybridized carbons (Fsp3) is 0.353. The molecule has 1 fully saturated rings. The summed E-state index contributed by atoms with van der Waals surface area (Å²) in [6.07, 6.45) is 0. The lowest BCUT2D eigenvalue weighted by Crippen LogP contribution is -2.46. The van der Waals surface area contributed by atoms with Crippen LogP contribution in [0, 0.1) is 11.6 Å². The number of piperazine rings is 1. The molecule has 4 rings (SSSR count). The van der Waals surface area contributed by atoms with Crippen molar-refractivity contribution in [3.63, 3.8) is 0 Å². The molecule has 0 bridgehead atoms. The van der Waals surface area contributed by atoms with Crippen molar-refractivity contribution in [2.24, 2.45) is 7.05 Å². The summed E-state index contributed by atoms with van der Waals surface area (Å²) in [4.78, 5) is 34.8. The van der Waals surface area contributed by atoms with E-state index >= 15 is 0 Å². The van der Waals surface area contributed by atoms with Crippen LogP contribution in [0.3, 0.4) is 0 Å². The second-order valence-electron chi connectivity index (χ2n) is 6.44. The number of anilines is 1. The third-order valence-electron chi connectivity index (χ3n) is 4.68. The van der Waals surface area contributed by atoms with Gasteiger partial charge in [-0.3, -0.25) is 19.2 Å². The first-order chi connectivity index (χ1) is 12.9. The van der Waals surface area contributed by atoms with E-state index in [4.69, 9.17) is 0 Å². The molecular weight excluding hydrogens is 376 g/mol. The second kappa shape index (κ2) is 6.86. The van der Waals surface area contributed by atoms with Gasteiger partial charge in [-0.25, -0.2) is 18.6 Å². The van der Waals surface area contributed by atoms with Crippen LogP contribution < -0.4 is 16.1 Å². The molecule has 1 aromatic carbocycles. The monoisotopic (exact) mass is 393 g/mol. The van der Waals surface area contributed by atoms with E-state index in [1.165, 1.54) is 30.5 Å². The molecule has 7 nitrogen and oxygen atoms in total. The Balaban J connectivity index is 1.46. The van der Waals surface area contributed by atoms with Gasteiger partial charge in [-0.05, 0) is 12.1 Å². The minimum Gasteiger partial charge on any atom is -0.367 e. The maximum atomic E-state index is 13.9. The molecule has 142 valence electrons.